The fourth-order valence-corrected chi connectivity index (χ4v) is 3.37. The zero-order chi connectivity index (χ0) is 17.2. The first-order chi connectivity index (χ1) is 12.2. The van der Waals surface area contributed by atoms with Gasteiger partial charge in [0.1, 0.15) is 6.54 Å². The van der Waals surface area contributed by atoms with E-state index in [1.165, 1.54) is 10.9 Å². The van der Waals surface area contributed by atoms with Crippen LogP contribution in [0.15, 0.2) is 54.1 Å². The maximum absolute atomic E-state index is 12.7. The van der Waals surface area contributed by atoms with Crippen LogP contribution in [0.5, 0.6) is 0 Å². The van der Waals surface area contributed by atoms with Crippen LogP contribution in [0.25, 0.3) is 10.9 Å². The second-order valence-corrected chi connectivity index (χ2v) is 6.34. The fourth-order valence-electron chi connectivity index (χ4n) is 3.37. The number of imidazole rings is 1. The van der Waals surface area contributed by atoms with Crippen molar-refractivity contribution in [2.45, 2.75) is 25.4 Å². The molecule has 1 fully saturated rings. The number of likely N-dealkylation sites (tertiary alicyclic amines) is 1. The first-order valence-electron chi connectivity index (χ1n) is 8.42. The molecular weight excluding hydrogens is 318 g/mol. The lowest BCUT2D eigenvalue weighted by Crippen LogP contribution is -2.43. The molecule has 3 aromatic rings. The molecule has 1 aliphatic heterocycles. The van der Waals surface area contributed by atoms with Gasteiger partial charge in [0.2, 0.25) is 5.91 Å². The number of nitrogens with zero attached hydrogens (tertiary/aromatic N) is 5. The Balaban J connectivity index is 1.52. The molecule has 25 heavy (non-hydrogen) atoms. The molecule has 1 atom stereocenters. The van der Waals surface area contributed by atoms with Crippen molar-refractivity contribution in [3.8, 4) is 0 Å². The molecule has 7 nitrogen and oxygen atoms in total. The van der Waals surface area contributed by atoms with Crippen molar-refractivity contribution in [2.24, 2.45) is 0 Å². The Hall–Kier alpha value is -2.96. The van der Waals surface area contributed by atoms with Crippen molar-refractivity contribution in [1.29, 1.82) is 0 Å². The molecule has 1 amide bonds. The Kier molecular flexibility index (Phi) is 4.05. The van der Waals surface area contributed by atoms with Crippen molar-refractivity contribution < 1.29 is 4.79 Å². The molecule has 1 aliphatic rings. The van der Waals surface area contributed by atoms with Crippen LogP contribution in [0.1, 0.15) is 18.9 Å². The van der Waals surface area contributed by atoms with Crippen LogP contribution in [-0.4, -0.2) is 43.0 Å². The number of hydrogen-bond acceptors (Lipinski definition) is 4. The number of piperidine rings is 1. The number of benzene rings is 1. The van der Waals surface area contributed by atoms with Gasteiger partial charge in [-0.3, -0.25) is 14.2 Å². The largest absolute Gasteiger partial charge is 0.339 e. The summed E-state index contributed by atoms with van der Waals surface area (Å²) in [4.78, 5) is 35.4. The van der Waals surface area contributed by atoms with E-state index in [1.54, 1.807) is 30.7 Å². The quantitative estimate of drug-likeness (QED) is 0.725. The van der Waals surface area contributed by atoms with E-state index in [2.05, 4.69) is 9.97 Å². The second kappa shape index (κ2) is 6.51. The molecule has 1 saturated heterocycles. The van der Waals surface area contributed by atoms with Crippen molar-refractivity contribution in [3.63, 3.8) is 0 Å². The highest BCUT2D eigenvalue weighted by atomic mass is 16.2. The lowest BCUT2D eigenvalue weighted by molar-refractivity contribution is -0.133. The van der Waals surface area contributed by atoms with Crippen LogP contribution < -0.4 is 5.56 Å². The van der Waals surface area contributed by atoms with E-state index in [-0.39, 0.29) is 24.1 Å². The van der Waals surface area contributed by atoms with E-state index in [0.29, 0.717) is 17.4 Å². The van der Waals surface area contributed by atoms with Crippen molar-refractivity contribution in [3.05, 3.63) is 59.7 Å². The van der Waals surface area contributed by atoms with E-state index < -0.39 is 0 Å². The molecule has 0 unspecified atom stereocenters. The average Bonchev–Trinajstić information content (AvgIpc) is 3.19. The third-order valence-electron chi connectivity index (χ3n) is 4.73. The minimum atomic E-state index is -0.179. The molecule has 0 bridgehead atoms. The van der Waals surface area contributed by atoms with Gasteiger partial charge < -0.3 is 9.47 Å². The molecule has 0 aliphatic carbocycles. The van der Waals surface area contributed by atoms with Gasteiger partial charge in [-0.15, -0.1) is 0 Å². The third kappa shape index (κ3) is 3.05. The van der Waals surface area contributed by atoms with E-state index in [0.717, 1.165) is 19.4 Å². The number of fused-ring (bicyclic) bond motifs is 1. The van der Waals surface area contributed by atoms with Crippen molar-refractivity contribution in [1.82, 2.24) is 24.0 Å². The standard InChI is InChI=1S/C18H19N5O2/c24-17(21-8-3-4-14(10-21)22-9-7-19-12-22)11-23-13-20-16-6-2-1-5-15(16)18(23)25/h1-2,5-7,9,12-14H,3-4,8,10-11H2/t14-/m1/s1. The molecule has 3 heterocycles. The van der Waals surface area contributed by atoms with Crippen LogP contribution in [0.2, 0.25) is 0 Å². The number of amides is 1. The van der Waals surface area contributed by atoms with Crippen LogP contribution in [0, 0.1) is 0 Å². The Labute approximate surface area is 144 Å². The van der Waals surface area contributed by atoms with Gasteiger partial charge in [0, 0.05) is 25.5 Å². The molecule has 0 N–H and O–H groups in total. The summed E-state index contributed by atoms with van der Waals surface area (Å²) in [5.41, 5.74) is 0.469. The Bertz CT molecular complexity index is 948. The molecule has 0 radical (unpaired) electrons. The van der Waals surface area contributed by atoms with Gasteiger partial charge in [0.05, 0.1) is 29.6 Å². The number of carbonyl (C=O) groups excluding carboxylic acids is 1. The SMILES string of the molecule is O=C(Cn1cnc2ccccc2c1=O)N1CCC[C@@H](n2ccnc2)C1. The number of rotatable bonds is 3. The Morgan fingerprint density at radius 1 is 1.24 bits per heavy atom. The van der Waals surface area contributed by atoms with Gasteiger partial charge in [0.25, 0.3) is 5.56 Å². The van der Waals surface area contributed by atoms with Gasteiger partial charge in [-0.1, -0.05) is 12.1 Å². The van der Waals surface area contributed by atoms with Gasteiger partial charge in [-0.05, 0) is 25.0 Å². The number of para-hydroxylation sites is 1. The summed E-state index contributed by atoms with van der Waals surface area (Å²) in [6.07, 6.45) is 8.89. The molecular formula is C18H19N5O2. The summed E-state index contributed by atoms with van der Waals surface area (Å²) in [5.74, 6) is -0.0519. The number of hydrogen-bond donors (Lipinski definition) is 0. The minimum Gasteiger partial charge on any atom is -0.339 e. The zero-order valence-electron chi connectivity index (χ0n) is 13.8. The minimum absolute atomic E-state index is 0.0211. The molecule has 128 valence electrons. The fraction of sp³-hybridized carbons (Fsp3) is 0.333. The Morgan fingerprint density at radius 2 is 2.12 bits per heavy atom. The van der Waals surface area contributed by atoms with Crippen LogP contribution >= 0.6 is 0 Å². The molecule has 1 aromatic carbocycles. The molecule has 0 saturated carbocycles. The monoisotopic (exact) mass is 337 g/mol. The van der Waals surface area contributed by atoms with E-state index >= 15 is 0 Å². The molecule has 0 spiro atoms. The summed E-state index contributed by atoms with van der Waals surface area (Å²) in [6.45, 7) is 1.39. The predicted octanol–water partition coefficient (Wildman–Crippen LogP) is 1.46. The zero-order valence-corrected chi connectivity index (χ0v) is 13.8. The van der Waals surface area contributed by atoms with Gasteiger partial charge in [-0.2, -0.15) is 0 Å². The van der Waals surface area contributed by atoms with Gasteiger partial charge in [-0.25, -0.2) is 9.97 Å². The predicted molar refractivity (Wildman–Crippen MR) is 93.1 cm³/mol. The maximum atomic E-state index is 12.7. The van der Waals surface area contributed by atoms with E-state index in [9.17, 15) is 9.59 Å². The van der Waals surface area contributed by atoms with Crippen LogP contribution in [-0.2, 0) is 11.3 Å². The first kappa shape index (κ1) is 15.6. The highest BCUT2D eigenvalue weighted by molar-refractivity contribution is 5.79. The van der Waals surface area contributed by atoms with Gasteiger partial charge in [0.15, 0.2) is 0 Å². The summed E-state index contributed by atoms with van der Waals surface area (Å²) < 4.78 is 3.44. The van der Waals surface area contributed by atoms with Crippen LogP contribution in [0.3, 0.4) is 0 Å². The summed E-state index contributed by atoms with van der Waals surface area (Å²) in [6, 6.07) is 7.42. The first-order valence-corrected chi connectivity index (χ1v) is 8.42. The molecule has 7 heteroatoms. The normalized spacial score (nSPS) is 17.8. The second-order valence-electron chi connectivity index (χ2n) is 6.34. The highest BCUT2D eigenvalue weighted by Crippen LogP contribution is 2.21. The highest BCUT2D eigenvalue weighted by Gasteiger charge is 2.24. The summed E-state index contributed by atoms with van der Waals surface area (Å²) in [7, 11) is 0. The summed E-state index contributed by atoms with van der Waals surface area (Å²) in [5, 5.41) is 0.535. The van der Waals surface area contributed by atoms with Gasteiger partial charge >= 0.3 is 0 Å². The maximum Gasteiger partial charge on any atom is 0.261 e. The van der Waals surface area contributed by atoms with E-state index in [4.69, 9.17) is 0 Å². The lowest BCUT2D eigenvalue weighted by atomic mass is 10.1. The van der Waals surface area contributed by atoms with Crippen LogP contribution in [0.4, 0.5) is 0 Å². The average molecular weight is 337 g/mol. The molecule has 4 rings (SSSR count). The smallest absolute Gasteiger partial charge is 0.261 e. The van der Waals surface area contributed by atoms with E-state index in [1.807, 2.05) is 21.7 Å². The Morgan fingerprint density at radius 3 is 2.96 bits per heavy atom. The number of aromatic nitrogens is 4. The van der Waals surface area contributed by atoms with Crippen molar-refractivity contribution >= 4 is 16.8 Å². The van der Waals surface area contributed by atoms with Crippen molar-refractivity contribution in [2.75, 3.05) is 13.1 Å². The molecule has 2 aromatic heterocycles. The summed E-state index contributed by atoms with van der Waals surface area (Å²) >= 11 is 0. The lowest BCUT2D eigenvalue weighted by Gasteiger charge is -2.33. The number of carbonyl (C=O) groups is 1. The third-order valence-corrected chi connectivity index (χ3v) is 4.73. The topological polar surface area (TPSA) is 73.0 Å².